The Labute approximate surface area is 105 Å². The summed E-state index contributed by atoms with van der Waals surface area (Å²) in [5, 5.41) is 14.5. The van der Waals surface area contributed by atoms with Crippen molar-refractivity contribution in [1.82, 2.24) is 5.32 Å². The summed E-state index contributed by atoms with van der Waals surface area (Å²) in [4.78, 5) is 11.6. The first kappa shape index (κ1) is 12.8. The van der Waals surface area contributed by atoms with Crippen molar-refractivity contribution in [3.8, 4) is 0 Å². The van der Waals surface area contributed by atoms with Gasteiger partial charge in [-0.05, 0) is 12.1 Å². The maximum absolute atomic E-state index is 11.6. The first-order valence-electron chi connectivity index (χ1n) is 5.47. The van der Waals surface area contributed by atoms with Crippen molar-refractivity contribution in [2.45, 2.75) is 12.1 Å². The second-order valence-electron chi connectivity index (χ2n) is 4.22. The van der Waals surface area contributed by atoms with Crippen molar-refractivity contribution in [3.05, 3.63) is 30.3 Å². The number of nitrogens with one attached hydrogen (secondary N) is 2. The van der Waals surface area contributed by atoms with E-state index in [1.165, 1.54) is 0 Å². The maximum atomic E-state index is 11.6. The lowest BCUT2D eigenvalue weighted by Crippen LogP contribution is -2.44. The van der Waals surface area contributed by atoms with Crippen LogP contribution in [0.5, 0.6) is 0 Å². The van der Waals surface area contributed by atoms with Gasteiger partial charge < -0.3 is 15.7 Å². The highest BCUT2D eigenvalue weighted by molar-refractivity contribution is 7.91. The Kier molecular flexibility index (Phi) is 3.53. The zero-order chi connectivity index (χ0) is 13.2. The molecule has 98 valence electrons. The van der Waals surface area contributed by atoms with Gasteiger partial charge in [-0.3, -0.25) is 0 Å². The predicted molar refractivity (Wildman–Crippen MR) is 67.0 cm³/mol. The number of hydrogen-bond donors (Lipinski definition) is 3. The van der Waals surface area contributed by atoms with Crippen LogP contribution < -0.4 is 10.6 Å². The minimum absolute atomic E-state index is 0.226. The van der Waals surface area contributed by atoms with E-state index in [1.807, 2.05) is 6.07 Å². The van der Waals surface area contributed by atoms with E-state index in [2.05, 4.69) is 10.6 Å². The van der Waals surface area contributed by atoms with E-state index in [4.69, 9.17) is 0 Å². The van der Waals surface area contributed by atoms with Crippen LogP contribution in [0.15, 0.2) is 30.3 Å². The maximum Gasteiger partial charge on any atom is 0.319 e. The van der Waals surface area contributed by atoms with Crippen molar-refractivity contribution < 1.29 is 18.3 Å². The van der Waals surface area contributed by atoms with Crippen molar-refractivity contribution in [3.63, 3.8) is 0 Å². The number of amides is 2. The molecule has 0 aliphatic carbocycles. The van der Waals surface area contributed by atoms with Crippen LogP contribution in [0.4, 0.5) is 10.5 Å². The van der Waals surface area contributed by atoms with Gasteiger partial charge in [0.15, 0.2) is 9.84 Å². The summed E-state index contributed by atoms with van der Waals surface area (Å²) in [5.74, 6) is -0.528. The van der Waals surface area contributed by atoms with Gasteiger partial charge in [-0.2, -0.15) is 0 Å². The van der Waals surface area contributed by atoms with Gasteiger partial charge in [0, 0.05) is 5.69 Å². The number of benzene rings is 1. The van der Waals surface area contributed by atoms with Crippen LogP contribution in [0.2, 0.25) is 0 Å². The fourth-order valence-corrected chi connectivity index (χ4v) is 3.57. The molecule has 0 saturated carbocycles. The Morgan fingerprint density at radius 1 is 1.22 bits per heavy atom. The van der Waals surface area contributed by atoms with E-state index in [0.29, 0.717) is 5.69 Å². The Bertz CT molecular complexity index is 529. The number of rotatable bonds is 2. The van der Waals surface area contributed by atoms with Crippen LogP contribution in [-0.2, 0) is 9.84 Å². The summed E-state index contributed by atoms with van der Waals surface area (Å²) >= 11 is 0. The predicted octanol–water partition coefficient (Wildman–Crippen LogP) is -0.0340. The lowest BCUT2D eigenvalue weighted by atomic mass is 10.2. The van der Waals surface area contributed by atoms with Gasteiger partial charge in [0.2, 0.25) is 0 Å². The van der Waals surface area contributed by atoms with Crippen LogP contribution in [0.3, 0.4) is 0 Å². The average Bonchev–Trinajstić information content (AvgIpc) is 2.53. The van der Waals surface area contributed by atoms with E-state index >= 15 is 0 Å². The molecule has 1 aliphatic rings. The third kappa shape index (κ3) is 3.21. The molecule has 1 heterocycles. The number of aliphatic hydroxyl groups is 1. The topological polar surface area (TPSA) is 95.5 Å². The van der Waals surface area contributed by atoms with E-state index < -0.39 is 28.0 Å². The molecule has 1 aliphatic heterocycles. The van der Waals surface area contributed by atoms with Crippen molar-refractivity contribution in [1.29, 1.82) is 0 Å². The van der Waals surface area contributed by atoms with Crippen LogP contribution in [0.1, 0.15) is 0 Å². The number of hydrogen-bond acceptors (Lipinski definition) is 4. The lowest BCUT2D eigenvalue weighted by molar-refractivity contribution is 0.167. The number of anilines is 1. The molecule has 6 nitrogen and oxygen atoms in total. The van der Waals surface area contributed by atoms with Crippen LogP contribution in [0, 0.1) is 0 Å². The first-order chi connectivity index (χ1) is 8.46. The average molecular weight is 270 g/mol. The fraction of sp³-hybridized carbons (Fsp3) is 0.364. The summed E-state index contributed by atoms with van der Waals surface area (Å²) in [7, 11) is -3.26. The summed E-state index contributed by atoms with van der Waals surface area (Å²) in [6, 6.07) is 7.50. The van der Waals surface area contributed by atoms with Gasteiger partial charge in [-0.15, -0.1) is 0 Å². The molecule has 1 aromatic rings. The van der Waals surface area contributed by atoms with Gasteiger partial charge in [-0.1, -0.05) is 18.2 Å². The number of carbonyl (C=O) groups is 1. The van der Waals surface area contributed by atoms with Gasteiger partial charge in [0.25, 0.3) is 0 Å². The molecule has 0 unspecified atom stereocenters. The van der Waals surface area contributed by atoms with E-state index in [1.54, 1.807) is 24.3 Å². The highest BCUT2D eigenvalue weighted by Gasteiger charge is 2.37. The Morgan fingerprint density at radius 2 is 1.89 bits per heavy atom. The quantitative estimate of drug-likeness (QED) is 0.703. The summed E-state index contributed by atoms with van der Waals surface area (Å²) in [6.45, 7) is 0. The molecule has 1 aromatic carbocycles. The zero-order valence-corrected chi connectivity index (χ0v) is 10.4. The summed E-state index contributed by atoms with van der Waals surface area (Å²) in [6.07, 6.45) is -1.04. The molecular weight excluding hydrogens is 256 g/mol. The number of para-hydroxylation sites is 1. The molecule has 1 saturated heterocycles. The van der Waals surface area contributed by atoms with Gasteiger partial charge >= 0.3 is 6.03 Å². The Balaban J connectivity index is 1.93. The molecule has 18 heavy (non-hydrogen) atoms. The smallest absolute Gasteiger partial charge is 0.319 e. The third-order valence-corrected chi connectivity index (χ3v) is 4.39. The second kappa shape index (κ2) is 4.95. The van der Waals surface area contributed by atoms with Crippen LogP contribution in [-0.4, -0.2) is 43.2 Å². The van der Waals surface area contributed by atoms with Gasteiger partial charge in [0.05, 0.1) is 23.7 Å². The minimum atomic E-state index is -3.26. The third-order valence-electron chi connectivity index (χ3n) is 2.67. The molecule has 3 N–H and O–H groups in total. The largest absolute Gasteiger partial charge is 0.390 e. The molecule has 1 fully saturated rings. The molecule has 0 spiro atoms. The molecule has 0 radical (unpaired) electrons. The summed E-state index contributed by atoms with van der Waals surface area (Å²) < 4.78 is 22.5. The molecule has 0 bridgehead atoms. The Hall–Kier alpha value is -1.60. The molecule has 7 heteroatoms. The standard InChI is InChI=1S/C11H14N2O4S/c14-10-7-18(16,17)6-9(10)13-11(15)12-8-4-2-1-3-5-8/h1-5,9-10,14H,6-7H2,(H2,12,13,15)/t9-,10+/m0/s1. The second-order valence-corrected chi connectivity index (χ2v) is 6.37. The number of aliphatic hydroxyl groups excluding tert-OH is 1. The summed E-state index contributed by atoms with van der Waals surface area (Å²) in [5.41, 5.74) is 0.602. The van der Waals surface area contributed by atoms with Gasteiger partial charge in [0.1, 0.15) is 0 Å². The molecule has 0 aromatic heterocycles. The Morgan fingerprint density at radius 3 is 2.44 bits per heavy atom. The highest BCUT2D eigenvalue weighted by Crippen LogP contribution is 2.13. The van der Waals surface area contributed by atoms with Gasteiger partial charge in [-0.25, -0.2) is 13.2 Å². The van der Waals surface area contributed by atoms with E-state index in [-0.39, 0.29) is 11.5 Å². The van der Waals surface area contributed by atoms with E-state index in [0.717, 1.165) is 0 Å². The number of urea groups is 1. The van der Waals surface area contributed by atoms with Crippen molar-refractivity contribution in [2.75, 3.05) is 16.8 Å². The fourth-order valence-electron chi connectivity index (χ4n) is 1.82. The normalized spacial score (nSPS) is 25.6. The number of sulfone groups is 1. The molecular formula is C11H14N2O4S. The zero-order valence-electron chi connectivity index (χ0n) is 9.54. The van der Waals surface area contributed by atoms with Crippen LogP contribution in [0.25, 0.3) is 0 Å². The SMILES string of the molecule is O=C(Nc1ccccc1)N[C@H]1CS(=O)(=O)C[C@H]1O. The highest BCUT2D eigenvalue weighted by atomic mass is 32.2. The minimum Gasteiger partial charge on any atom is -0.390 e. The van der Waals surface area contributed by atoms with Crippen molar-refractivity contribution >= 4 is 21.6 Å². The van der Waals surface area contributed by atoms with Crippen molar-refractivity contribution in [2.24, 2.45) is 0 Å². The van der Waals surface area contributed by atoms with E-state index in [9.17, 15) is 18.3 Å². The van der Waals surface area contributed by atoms with Crippen LogP contribution >= 0.6 is 0 Å². The monoisotopic (exact) mass is 270 g/mol. The lowest BCUT2D eigenvalue weighted by Gasteiger charge is -2.15. The molecule has 2 atom stereocenters. The number of carbonyl (C=O) groups excluding carboxylic acids is 1. The first-order valence-corrected chi connectivity index (χ1v) is 7.29. The molecule has 2 amide bonds. The molecule has 2 rings (SSSR count).